The summed E-state index contributed by atoms with van der Waals surface area (Å²) >= 11 is 0. The minimum Gasteiger partial charge on any atom is -0.289 e. The van der Waals surface area contributed by atoms with Crippen LogP contribution in [-0.4, -0.2) is 14.4 Å². The van der Waals surface area contributed by atoms with Crippen molar-refractivity contribution in [3.05, 3.63) is 107 Å². The van der Waals surface area contributed by atoms with Gasteiger partial charge in [0, 0.05) is 5.69 Å². The van der Waals surface area contributed by atoms with Crippen LogP contribution in [-0.2, 0) is 16.6 Å². The van der Waals surface area contributed by atoms with Crippen molar-refractivity contribution in [2.45, 2.75) is 19.9 Å². The van der Waals surface area contributed by atoms with Gasteiger partial charge in [0.1, 0.15) is 0 Å². The molecule has 0 aliphatic carbocycles. The van der Waals surface area contributed by atoms with E-state index < -0.39 is 16.1 Å². The molecular formula is C24H24N2O3S. The Labute approximate surface area is 177 Å². The molecule has 0 heterocycles. The summed E-state index contributed by atoms with van der Waals surface area (Å²) in [7, 11) is -4.00. The molecule has 0 radical (unpaired) electrons. The molecule has 5 nitrogen and oxygen atoms in total. The van der Waals surface area contributed by atoms with Gasteiger partial charge in [0.2, 0.25) is 0 Å². The molecule has 0 saturated heterocycles. The van der Waals surface area contributed by atoms with Crippen molar-refractivity contribution in [1.29, 1.82) is 0 Å². The van der Waals surface area contributed by atoms with Crippen molar-refractivity contribution in [3.63, 3.8) is 0 Å². The number of anilines is 1. The number of nitrogens with one attached hydrogen (secondary N) is 1. The maximum absolute atomic E-state index is 13.0. The standard InChI is InChI=1S/C24H24N2O3S/c1-2-23(18-20-12-6-3-7-13-20)30(28,29)25-24(27)26(22-16-10-5-11-17-22)19-21-14-8-4-9-15-21/h3-18H,2,19H2,1H3,(H,25,27)/b23-18+. The third kappa shape index (κ3) is 5.58. The van der Waals surface area contributed by atoms with Gasteiger partial charge in [-0.1, -0.05) is 85.8 Å². The van der Waals surface area contributed by atoms with E-state index in [-0.39, 0.29) is 17.9 Å². The summed E-state index contributed by atoms with van der Waals surface area (Å²) < 4.78 is 28.1. The van der Waals surface area contributed by atoms with Crippen molar-refractivity contribution in [3.8, 4) is 0 Å². The van der Waals surface area contributed by atoms with E-state index in [2.05, 4.69) is 4.72 Å². The number of sulfonamides is 1. The molecule has 0 aromatic heterocycles. The smallest absolute Gasteiger partial charge is 0.289 e. The molecular weight excluding hydrogens is 396 g/mol. The van der Waals surface area contributed by atoms with E-state index in [0.29, 0.717) is 5.69 Å². The zero-order valence-corrected chi connectivity index (χ0v) is 17.5. The molecule has 0 unspecified atom stereocenters. The van der Waals surface area contributed by atoms with Gasteiger partial charge in [-0.15, -0.1) is 0 Å². The molecule has 3 aromatic rings. The first-order valence-corrected chi connectivity index (χ1v) is 11.2. The van der Waals surface area contributed by atoms with Gasteiger partial charge in [0.25, 0.3) is 10.0 Å². The summed E-state index contributed by atoms with van der Waals surface area (Å²) in [6.07, 6.45) is 1.85. The Morgan fingerprint density at radius 1 is 0.867 bits per heavy atom. The number of rotatable bonds is 7. The Morgan fingerprint density at radius 2 is 1.40 bits per heavy atom. The van der Waals surface area contributed by atoms with Crippen LogP contribution in [0.3, 0.4) is 0 Å². The van der Waals surface area contributed by atoms with Crippen LogP contribution in [0, 0.1) is 0 Å². The second-order valence-corrected chi connectivity index (χ2v) is 8.43. The molecule has 1 N–H and O–H groups in total. The Hall–Kier alpha value is -3.38. The van der Waals surface area contributed by atoms with Crippen molar-refractivity contribution in [2.24, 2.45) is 0 Å². The van der Waals surface area contributed by atoms with E-state index in [1.807, 2.05) is 78.9 Å². The van der Waals surface area contributed by atoms with E-state index in [9.17, 15) is 13.2 Å². The van der Waals surface area contributed by atoms with E-state index >= 15 is 0 Å². The number of hydrogen-bond acceptors (Lipinski definition) is 3. The normalized spacial score (nSPS) is 11.7. The first-order chi connectivity index (χ1) is 14.5. The lowest BCUT2D eigenvalue weighted by Crippen LogP contribution is -2.43. The average Bonchev–Trinajstić information content (AvgIpc) is 2.77. The molecule has 0 fully saturated rings. The van der Waals surface area contributed by atoms with E-state index in [0.717, 1.165) is 11.1 Å². The van der Waals surface area contributed by atoms with E-state index in [1.165, 1.54) is 4.90 Å². The molecule has 0 spiro atoms. The Morgan fingerprint density at radius 3 is 1.97 bits per heavy atom. The number of amides is 2. The van der Waals surface area contributed by atoms with Gasteiger partial charge in [0.05, 0.1) is 11.4 Å². The first-order valence-electron chi connectivity index (χ1n) is 9.68. The molecule has 154 valence electrons. The highest BCUT2D eigenvalue weighted by Crippen LogP contribution is 2.19. The Bertz CT molecular complexity index is 1100. The lowest BCUT2D eigenvalue weighted by Gasteiger charge is -2.23. The van der Waals surface area contributed by atoms with Crippen LogP contribution in [0.25, 0.3) is 6.08 Å². The molecule has 0 aliphatic rings. The largest absolute Gasteiger partial charge is 0.336 e. The van der Waals surface area contributed by atoms with Crippen molar-refractivity contribution in [1.82, 2.24) is 4.72 Å². The average molecular weight is 421 g/mol. The molecule has 3 rings (SSSR count). The highest BCUT2D eigenvalue weighted by Gasteiger charge is 2.24. The van der Waals surface area contributed by atoms with Crippen LogP contribution in [0.15, 0.2) is 95.9 Å². The Kier molecular flexibility index (Phi) is 7.03. The summed E-state index contributed by atoms with van der Waals surface area (Å²) in [5, 5.41) is 0. The van der Waals surface area contributed by atoms with Gasteiger partial charge in [-0.05, 0) is 35.8 Å². The van der Waals surface area contributed by atoms with Crippen LogP contribution >= 0.6 is 0 Å². The second kappa shape index (κ2) is 9.89. The van der Waals surface area contributed by atoms with Gasteiger partial charge < -0.3 is 0 Å². The Balaban J connectivity index is 1.88. The van der Waals surface area contributed by atoms with Crippen molar-refractivity contribution >= 4 is 27.8 Å². The van der Waals surface area contributed by atoms with Crippen molar-refractivity contribution in [2.75, 3.05) is 4.90 Å². The topological polar surface area (TPSA) is 66.5 Å². The van der Waals surface area contributed by atoms with Crippen LogP contribution < -0.4 is 9.62 Å². The maximum atomic E-state index is 13.0. The van der Waals surface area contributed by atoms with Gasteiger partial charge in [-0.3, -0.25) is 4.90 Å². The fourth-order valence-electron chi connectivity index (χ4n) is 2.99. The SMILES string of the molecule is CC/C(=C\c1ccccc1)S(=O)(=O)NC(=O)N(Cc1ccccc1)c1ccccc1. The zero-order valence-electron chi connectivity index (χ0n) is 16.7. The summed E-state index contributed by atoms with van der Waals surface area (Å²) in [5.41, 5.74) is 2.26. The minimum atomic E-state index is -4.00. The van der Waals surface area contributed by atoms with Gasteiger partial charge in [0.15, 0.2) is 0 Å². The molecule has 0 bridgehead atoms. The molecule has 2 amide bonds. The highest BCUT2D eigenvalue weighted by atomic mass is 32.2. The molecule has 30 heavy (non-hydrogen) atoms. The molecule has 0 aliphatic heterocycles. The van der Waals surface area contributed by atoms with E-state index in [1.54, 1.807) is 25.1 Å². The number of para-hydroxylation sites is 1. The van der Waals surface area contributed by atoms with Crippen LogP contribution in [0.2, 0.25) is 0 Å². The number of carbonyl (C=O) groups excluding carboxylic acids is 1. The fraction of sp³-hybridized carbons (Fsp3) is 0.125. The zero-order chi connectivity index (χ0) is 21.4. The molecule has 6 heteroatoms. The minimum absolute atomic E-state index is 0.148. The molecule has 0 saturated carbocycles. The summed E-state index contributed by atoms with van der Waals surface area (Å²) in [6.45, 7) is 1.99. The first kappa shape index (κ1) is 21.3. The van der Waals surface area contributed by atoms with Gasteiger partial charge >= 0.3 is 6.03 Å². The quantitative estimate of drug-likeness (QED) is 0.572. The number of benzene rings is 3. The molecule has 0 atom stereocenters. The van der Waals surface area contributed by atoms with Gasteiger partial charge in [-0.2, -0.15) is 0 Å². The summed E-state index contributed by atoms with van der Waals surface area (Å²) in [6, 6.07) is 26.9. The fourth-order valence-corrected chi connectivity index (χ4v) is 4.14. The van der Waals surface area contributed by atoms with E-state index in [4.69, 9.17) is 0 Å². The van der Waals surface area contributed by atoms with Crippen LogP contribution in [0.5, 0.6) is 0 Å². The lowest BCUT2D eigenvalue weighted by molar-refractivity contribution is 0.250. The highest BCUT2D eigenvalue weighted by molar-refractivity contribution is 7.94. The number of hydrogen-bond donors (Lipinski definition) is 1. The third-order valence-corrected chi connectivity index (χ3v) is 6.08. The molecule has 3 aromatic carbocycles. The van der Waals surface area contributed by atoms with Crippen LogP contribution in [0.1, 0.15) is 24.5 Å². The lowest BCUT2D eigenvalue weighted by atomic mass is 10.2. The van der Waals surface area contributed by atoms with Crippen molar-refractivity contribution < 1.29 is 13.2 Å². The summed E-state index contributed by atoms with van der Waals surface area (Å²) in [5.74, 6) is 0. The number of allylic oxidation sites excluding steroid dienone is 1. The predicted molar refractivity (Wildman–Crippen MR) is 121 cm³/mol. The second-order valence-electron chi connectivity index (χ2n) is 6.69. The predicted octanol–water partition coefficient (Wildman–Crippen LogP) is 5.18. The number of urea groups is 1. The monoisotopic (exact) mass is 420 g/mol. The number of nitrogens with zero attached hydrogens (tertiary/aromatic N) is 1. The summed E-state index contributed by atoms with van der Waals surface area (Å²) in [4.78, 5) is 14.6. The third-order valence-electron chi connectivity index (χ3n) is 4.54. The van der Waals surface area contributed by atoms with Crippen LogP contribution in [0.4, 0.5) is 10.5 Å². The van der Waals surface area contributed by atoms with Gasteiger partial charge in [-0.25, -0.2) is 17.9 Å². The maximum Gasteiger partial charge on any atom is 0.336 e. The number of carbonyl (C=O) groups is 1.